The van der Waals surface area contributed by atoms with Crippen LogP contribution in [0.15, 0.2) is 0 Å². The Morgan fingerprint density at radius 3 is 2.79 bits per heavy atom. The molecule has 1 N–H and O–H groups in total. The van der Waals surface area contributed by atoms with Crippen molar-refractivity contribution in [3.05, 3.63) is 0 Å². The summed E-state index contributed by atoms with van der Waals surface area (Å²) >= 11 is 0. The highest BCUT2D eigenvalue weighted by Crippen LogP contribution is 2.16. The van der Waals surface area contributed by atoms with E-state index in [2.05, 4.69) is 4.90 Å². The Kier molecular flexibility index (Phi) is 3.75. The minimum atomic E-state index is 0.198. The molecule has 2 heterocycles. The molecule has 4 heteroatoms. The van der Waals surface area contributed by atoms with Crippen molar-refractivity contribution in [3.63, 3.8) is 0 Å². The van der Waals surface area contributed by atoms with Gasteiger partial charge in [0.15, 0.2) is 0 Å². The molecule has 0 aromatic carbocycles. The van der Waals surface area contributed by atoms with E-state index in [9.17, 15) is 5.11 Å². The van der Waals surface area contributed by atoms with Crippen LogP contribution in [0.25, 0.3) is 0 Å². The van der Waals surface area contributed by atoms with Gasteiger partial charge in [0.2, 0.25) is 0 Å². The van der Waals surface area contributed by atoms with Gasteiger partial charge in [-0.3, -0.25) is 4.90 Å². The molecule has 2 saturated heterocycles. The number of morpholine rings is 1. The van der Waals surface area contributed by atoms with E-state index in [-0.39, 0.29) is 12.6 Å². The fourth-order valence-electron chi connectivity index (χ4n) is 2.16. The summed E-state index contributed by atoms with van der Waals surface area (Å²) in [6, 6.07) is 0.198. The predicted octanol–water partition coefficient (Wildman–Crippen LogP) is -0.284. The predicted molar refractivity (Wildman–Crippen MR) is 52.2 cm³/mol. The van der Waals surface area contributed by atoms with Crippen LogP contribution < -0.4 is 0 Å². The maximum absolute atomic E-state index is 9.18. The molecule has 0 aromatic rings. The molecule has 0 aliphatic carbocycles. The van der Waals surface area contributed by atoms with E-state index in [1.54, 1.807) is 0 Å². The molecule has 0 amide bonds. The first-order valence-electron chi connectivity index (χ1n) is 5.40. The number of aliphatic hydroxyl groups excluding tert-OH is 1. The molecule has 2 aliphatic heterocycles. The van der Waals surface area contributed by atoms with E-state index >= 15 is 0 Å². The van der Waals surface area contributed by atoms with Gasteiger partial charge in [0.05, 0.1) is 32.5 Å². The second kappa shape index (κ2) is 5.07. The maximum Gasteiger partial charge on any atom is 0.0644 e. The normalized spacial score (nSPS) is 34.9. The minimum absolute atomic E-state index is 0.198. The van der Waals surface area contributed by atoms with E-state index in [1.165, 1.54) is 0 Å². The zero-order chi connectivity index (χ0) is 9.80. The van der Waals surface area contributed by atoms with Gasteiger partial charge in [0.25, 0.3) is 0 Å². The Morgan fingerprint density at radius 1 is 1.21 bits per heavy atom. The van der Waals surface area contributed by atoms with Crippen LogP contribution in [-0.2, 0) is 9.47 Å². The van der Waals surface area contributed by atoms with Crippen LogP contribution in [-0.4, -0.2) is 62.2 Å². The van der Waals surface area contributed by atoms with Crippen LogP contribution in [0.2, 0.25) is 0 Å². The second-order valence-electron chi connectivity index (χ2n) is 4.14. The summed E-state index contributed by atoms with van der Waals surface area (Å²) in [5.41, 5.74) is 0. The fraction of sp³-hybridized carbons (Fsp3) is 1.00. The molecule has 2 aliphatic rings. The molecule has 4 nitrogen and oxygen atoms in total. The van der Waals surface area contributed by atoms with Crippen molar-refractivity contribution in [2.75, 3.05) is 46.1 Å². The Hall–Kier alpha value is -0.160. The molecular weight excluding hydrogens is 182 g/mol. The Morgan fingerprint density at radius 2 is 2.07 bits per heavy atom. The zero-order valence-corrected chi connectivity index (χ0v) is 8.52. The van der Waals surface area contributed by atoms with Gasteiger partial charge >= 0.3 is 0 Å². The molecule has 82 valence electrons. The minimum Gasteiger partial charge on any atom is -0.395 e. The molecule has 2 atom stereocenters. The first-order valence-corrected chi connectivity index (χ1v) is 5.40. The Labute approximate surface area is 84.8 Å². The maximum atomic E-state index is 9.18. The van der Waals surface area contributed by atoms with E-state index in [0.717, 1.165) is 39.3 Å². The van der Waals surface area contributed by atoms with Crippen molar-refractivity contribution in [3.8, 4) is 0 Å². The summed E-state index contributed by atoms with van der Waals surface area (Å²) in [5, 5.41) is 9.18. The molecule has 14 heavy (non-hydrogen) atoms. The molecule has 0 bridgehead atoms. The SMILES string of the molecule is OCC1COCCN1CC1CCOC1. The molecular formula is C10H19NO3. The fourth-order valence-corrected chi connectivity index (χ4v) is 2.16. The van der Waals surface area contributed by atoms with E-state index in [1.807, 2.05) is 0 Å². The standard InChI is InChI=1S/C10H19NO3/c12-6-10-8-14-4-2-11(10)5-9-1-3-13-7-9/h9-10,12H,1-8H2. The van der Waals surface area contributed by atoms with Gasteiger partial charge in [-0.1, -0.05) is 0 Å². The second-order valence-corrected chi connectivity index (χ2v) is 4.14. The Balaban J connectivity index is 1.81. The Bertz CT molecular complexity index is 171. The third kappa shape index (κ3) is 2.45. The smallest absolute Gasteiger partial charge is 0.0644 e. The number of ether oxygens (including phenoxy) is 2. The van der Waals surface area contributed by atoms with Crippen LogP contribution in [0.5, 0.6) is 0 Å². The van der Waals surface area contributed by atoms with E-state index in [4.69, 9.17) is 9.47 Å². The van der Waals surface area contributed by atoms with Crippen LogP contribution in [0.4, 0.5) is 0 Å². The lowest BCUT2D eigenvalue weighted by molar-refractivity contribution is -0.0337. The summed E-state index contributed by atoms with van der Waals surface area (Å²) < 4.78 is 10.7. The average molecular weight is 201 g/mol. The summed E-state index contributed by atoms with van der Waals surface area (Å²) in [7, 11) is 0. The van der Waals surface area contributed by atoms with Crippen LogP contribution in [0.1, 0.15) is 6.42 Å². The molecule has 0 saturated carbocycles. The summed E-state index contributed by atoms with van der Waals surface area (Å²) in [6.07, 6.45) is 1.16. The topological polar surface area (TPSA) is 41.9 Å². The van der Waals surface area contributed by atoms with Crippen LogP contribution in [0.3, 0.4) is 0 Å². The quantitative estimate of drug-likeness (QED) is 0.681. The lowest BCUT2D eigenvalue weighted by atomic mass is 10.1. The monoisotopic (exact) mass is 201 g/mol. The summed E-state index contributed by atoms with van der Waals surface area (Å²) in [6.45, 7) is 5.45. The zero-order valence-electron chi connectivity index (χ0n) is 8.52. The molecule has 0 radical (unpaired) electrons. The molecule has 2 rings (SSSR count). The summed E-state index contributed by atoms with van der Waals surface area (Å²) in [5.74, 6) is 0.655. The lowest BCUT2D eigenvalue weighted by Gasteiger charge is -2.35. The van der Waals surface area contributed by atoms with Gasteiger partial charge in [-0.05, 0) is 12.3 Å². The summed E-state index contributed by atoms with van der Waals surface area (Å²) in [4.78, 5) is 2.34. The van der Waals surface area contributed by atoms with Crippen LogP contribution in [0, 0.1) is 5.92 Å². The highest BCUT2D eigenvalue weighted by molar-refractivity contribution is 4.78. The number of hydrogen-bond acceptors (Lipinski definition) is 4. The molecule has 0 aromatic heterocycles. The third-order valence-corrected chi connectivity index (χ3v) is 3.08. The van der Waals surface area contributed by atoms with Gasteiger partial charge in [-0.25, -0.2) is 0 Å². The largest absolute Gasteiger partial charge is 0.395 e. The van der Waals surface area contributed by atoms with Crippen molar-refractivity contribution in [1.82, 2.24) is 4.90 Å². The van der Waals surface area contributed by atoms with Crippen molar-refractivity contribution < 1.29 is 14.6 Å². The molecule has 0 spiro atoms. The molecule has 2 unspecified atom stereocenters. The van der Waals surface area contributed by atoms with Crippen molar-refractivity contribution in [2.45, 2.75) is 12.5 Å². The third-order valence-electron chi connectivity index (χ3n) is 3.08. The first kappa shape index (κ1) is 10.4. The van der Waals surface area contributed by atoms with Gasteiger partial charge < -0.3 is 14.6 Å². The number of hydrogen-bond donors (Lipinski definition) is 1. The number of rotatable bonds is 3. The average Bonchev–Trinajstić information content (AvgIpc) is 2.71. The lowest BCUT2D eigenvalue weighted by Crippen LogP contribution is -2.49. The van der Waals surface area contributed by atoms with Crippen molar-refractivity contribution >= 4 is 0 Å². The van der Waals surface area contributed by atoms with Gasteiger partial charge in [0, 0.05) is 19.7 Å². The van der Waals surface area contributed by atoms with Gasteiger partial charge in [-0.2, -0.15) is 0 Å². The highest BCUT2D eigenvalue weighted by atomic mass is 16.5. The highest BCUT2D eigenvalue weighted by Gasteiger charge is 2.26. The van der Waals surface area contributed by atoms with E-state index in [0.29, 0.717) is 12.5 Å². The number of nitrogens with zero attached hydrogens (tertiary/aromatic N) is 1. The van der Waals surface area contributed by atoms with Crippen molar-refractivity contribution in [2.24, 2.45) is 5.92 Å². The van der Waals surface area contributed by atoms with Crippen LogP contribution >= 0.6 is 0 Å². The molecule has 2 fully saturated rings. The van der Waals surface area contributed by atoms with Crippen molar-refractivity contribution in [1.29, 1.82) is 0 Å². The number of aliphatic hydroxyl groups is 1. The van der Waals surface area contributed by atoms with Gasteiger partial charge in [-0.15, -0.1) is 0 Å². The first-order chi connectivity index (χ1) is 6.90. The van der Waals surface area contributed by atoms with Gasteiger partial charge in [0.1, 0.15) is 0 Å². The van der Waals surface area contributed by atoms with E-state index < -0.39 is 0 Å².